The first-order chi connectivity index (χ1) is 10.7. The van der Waals surface area contributed by atoms with Crippen molar-refractivity contribution in [3.05, 3.63) is 29.3 Å². The molecule has 1 N–H and O–H groups in total. The van der Waals surface area contributed by atoms with Crippen LogP contribution in [0.4, 0.5) is 5.69 Å². The molecule has 5 nitrogen and oxygen atoms in total. The zero-order valence-corrected chi connectivity index (χ0v) is 15.1. The Morgan fingerprint density at radius 1 is 1.17 bits per heavy atom. The number of amides is 1. The second-order valence-corrected chi connectivity index (χ2v) is 8.43. The van der Waals surface area contributed by atoms with Gasteiger partial charge in [-0.2, -0.15) is 0 Å². The van der Waals surface area contributed by atoms with E-state index in [1.54, 1.807) is 19.1 Å². The molecule has 1 aromatic carbocycles. The molecule has 1 aliphatic rings. The number of carbonyl (C=O) groups excluding carboxylic acids is 1. The van der Waals surface area contributed by atoms with Crippen LogP contribution in [0.25, 0.3) is 0 Å². The van der Waals surface area contributed by atoms with Crippen molar-refractivity contribution in [1.29, 1.82) is 0 Å². The first-order valence-electron chi connectivity index (χ1n) is 8.06. The molecule has 0 aliphatic heterocycles. The van der Waals surface area contributed by atoms with Crippen molar-refractivity contribution in [3.63, 3.8) is 0 Å². The average Bonchev–Trinajstić information content (AvgIpc) is 2.88. The van der Waals surface area contributed by atoms with Gasteiger partial charge in [-0.3, -0.25) is 9.10 Å². The Bertz CT molecular complexity index is 659. The third kappa shape index (κ3) is 4.47. The summed E-state index contributed by atoms with van der Waals surface area (Å²) in [5, 5.41) is 2.99. The zero-order valence-electron chi connectivity index (χ0n) is 14.3. The maximum atomic E-state index is 12.5. The molecule has 0 heterocycles. The fourth-order valence-electron chi connectivity index (χ4n) is 3.28. The van der Waals surface area contributed by atoms with Gasteiger partial charge in [0.05, 0.1) is 11.9 Å². The summed E-state index contributed by atoms with van der Waals surface area (Å²) in [7, 11) is -3.56. The van der Waals surface area contributed by atoms with Crippen LogP contribution in [0, 0.1) is 13.8 Å². The Morgan fingerprint density at radius 2 is 1.70 bits per heavy atom. The molecule has 1 aliphatic carbocycles. The molecule has 1 amide bonds. The van der Waals surface area contributed by atoms with Crippen molar-refractivity contribution in [1.82, 2.24) is 5.32 Å². The van der Waals surface area contributed by atoms with Gasteiger partial charge in [0.25, 0.3) is 0 Å². The van der Waals surface area contributed by atoms with Crippen molar-refractivity contribution >= 4 is 21.6 Å². The van der Waals surface area contributed by atoms with E-state index in [4.69, 9.17) is 0 Å². The van der Waals surface area contributed by atoms with Crippen LogP contribution < -0.4 is 9.62 Å². The zero-order chi connectivity index (χ0) is 17.2. The Balaban J connectivity index is 2.29. The van der Waals surface area contributed by atoms with Crippen molar-refractivity contribution in [2.45, 2.75) is 58.5 Å². The Hall–Kier alpha value is -1.56. The molecule has 1 fully saturated rings. The number of aryl methyl sites for hydroxylation is 2. The van der Waals surface area contributed by atoms with Crippen molar-refractivity contribution < 1.29 is 13.2 Å². The number of sulfonamides is 1. The van der Waals surface area contributed by atoms with Crippen LogP contribution in [0.3, 0.4) is 0 Å². The first kappa shape index (κ1) is 17.8. The van der Waals surface area contributed by atoms with Gasteiger partial charge < -0.3 is 5.32 Å². The molecule has 1 atom stereocenters. The highest BCUT2D eigenvalue weighted by atomic mass is 32.2. The molecular formula is C17H26N2O3S. The van der Waals surface area contributed by atoms with Crippen LogP contribution in [0.15, 0.2) is 18.2 Å². The van der Waals surface area contributed by atoms with E-state index in [-0.39, 0.29) is 11.9 Å². The molecule has 23 heavy (non-hydrogen) atoms. The van der Waals surface area contributed by atoms with Crippen LogP contribution in [0.2, 0.25) is 0 Å². The lowest BCUT2D eigenvalue weighted by Gasteiger charge is -2.29. The number of rotatable bonds is 5. The van der Waals surface area contributed by atoms with E-state index in [0.29, 0.717) is 5.69 Å². The fraction of sp³-hybridized carbons (Fsp3) is 0.588. The van der Waals surface area contributed by atoms with Crippen molar-refractivity contribution in [2.75, 3.05) is 10.6 Å². The quantitative estimate of drug-likeness (QED) is 0.897. The predicted octanol–water partition coefficient (Wildman–Crippen LogP) is 2.52. The largest absolute Gasteiger partial charge is 0.352 e. The van der Waals surface area contributed by atoms with Crippen molar-refractivity contribution in [3.8, 4) is 0 Å². The van der Waals surface area contributed by atoms with Gasteiger partial charge in [-0.15, -0.1) is 0 Å². The van der Waals surface area contributed by atoms with E-state index >= 15 is 0 Å². The molecule has 2 rings (SSSR count). The monoisotopic (exact) mass is 338 g/mol. The second kappa shape index (κ2) is 6.91. The first-order valence-corrected chi connectivity index (χ1v) is 9.91. The molecule has 0 aromatic heterocycles. The summed E-state index contributed by atoms with van der Waals surface area (Å²) < 4.78 is 25.8. The SMILES string of the molecule is Cc1cc(C)cc(N([C@H](C)C(=O)NC2CCCC2)S(C)(=O)=O)c1. The third-order valence-corrected chi connectivity index (χ3v) is 5.49. The van der Waals surface area contributed by atoms with Crippen LogP contribution >= 0.6 is 0 Å². The number of hydrogen-bond acceptors (Lipinski definition) is 3. The molecule has 6 heteroatoms. The van der Waals surface area contributed by atoms with E-state index in [0.717, 1.165) is 43.1 Å². The number of nitrogens with zero attached hydrogens (tertiary/aromatic N) is 1. The summed E-state index contributed by atoms with van der Waals surface area (Å²) in [4.78, 5) is 12.5. The number of carbonyl (C=O) groups is 1. The highest BCUT2D eigenvalue weighted by Crippen LogP contribution is 2.24. The average molecular weight is 338 g/mol. The van der Waals surface area contributed by atoms with Gasteiger partial charge in [0.15, 0.2) is 0 Å². The summed E-state index contributed by atoms with van der Waals surface area (Å²) >= 11 is 0. The lowest BCUT2D eigenvalue weighted by atomic mass is 10.1. The van der Waals surface area contributed by atoms with Gasteiger partial charge in [0.2, 0.25) is 15.9 Å². The maximum Gasteiger partial charge on any atom is 0.243 e. The van der Waals surface area contributed by atoms with E-state index in [1.165, 1.54) is 4.31 Å². The van der Waals surface area contributed by atoms with E-state index < -0.39 is 16.1 Å². The van der Waals surface area contributed by atoms with Crippen LogP contribution in [0.1, 0.15) is 43.7 Å². The molecule has 1 aromatic rings. The lowest BCUT2D eigenvalue weighted by Crippen LogP contribution is -2.50. The molecule has 0 bridgehead atoms. The summed E-state index contributed by atoms with van der Waals surface area (Å²) in [6.07, 6.45) is 5.32. The lowest BCUT2D eigenvalue weighted by molar-refractivity contribution is -0.122. The summed E-state index contributed by atoms with van der Waals surface area (Å²) in [6.45, 7) is 5.48. The highest BCUT2D eigenvalue weighted by molar-refractivity contribution is 7.92. The highest BCUT2D eigenvalue weighted by Gasteiger charge is 2.30. The smallest absolute Gasteiger partial charge is 0.243 e. The van der Waals surface area contributed by atoms with Gasteiger partial charge in [-0.1, -0.05) is 18.9 Å². The summed E-state index contributed by atoms with van der Waals surface area (Å²) in [6, 6.07) is 4.98. The number of benzene rings is 1. The second-order valence-electron chi connectivity index (χ2n) is 6.57. The number of nitrogens with one attached hydrogen (secondary N) is 1. The number of anilines is 1. The molecule has 128 valence electrons. The summed E-state index contributed by atoms with van der Waals surface area (Å²) in [5.41, 5.74) is 2.48. The predicted molar refractivity (Wildman–Crippen MR) is 93.1 cm³/mol. The van der Waals surface area contributed by atoms with E-state index in [2.05, 4.69) is 5.32 Å². The fourth-order valence-corrected chi connectivity index (χ4v) is 4.44. The van der Waals surface area contributed by atoms with Gasteiger partial charge in [0, 0.05) is 6.04 Å². The minimum absolute atomic E-state index is 0.172. The molecule has 0 unspecified atom stereocenters. The van der Waals surface area contributed by atoms with Gasteiger partial charge in [-0.25, -0.2) is 8.42 Å². The third-order valence-electron chi connectivity index (χ3n) is 4.25. The minimum Gasteiger partial charge on any atom is -0.352 e. The van der Waals surface area contributed by atoms with E-state index in [9.17, 15) is 13.2 Å². The molecular weight excluding hydrogens is 312 g/mol. The van der Waals surface area contributed by atoms with Gasteiger partial charge >= 0.3 is 0 Å². The van der Waals surface area contributed by atoms with Crippen molar-refractivity contribution in [2.24, 2.45) is 0 Å². The van der Waals surface area contributed by atoms with Crippen LogP contribution in [-0.2, 0) is 14.8 Å². The molecule has 1 saturated carbocycles. The van der Waals surface area contributed by atoms with Gasteiger partial charge in [-0.05, 0) is 56.9 Å². The van der Waals surface area contributed by atoms with Gasteiger partial charge in [0.1, 0.15) is 6.04 Å². The Labute approximate surface area is 139 Å². The minimum atomic E-state index is -3.56. The topological polar surface area (TPSA) is 66.5 Å². The van der Waals surface area contributed by atoms with E-state index in [1.807, 2.05) is 19.9 Å². The van der Waals surface area contributed by atoms with Crippen LogP contribution in [-0.4, -0.2) is 32.7 Å². The standard InChI is InChI=1S/C17H26N2O3S/c1-12-9-13(2)11-16(10-12)19(23(4,21)22)14(3)17(20)18-15-7-5-6-8-15/h9-11,14-15H,5-8H2,1-4H3,(H,18,20)/t14-/m1/s1. The Morgan fingerprint density at radius 3 is 2.17 bits per heavy atom. The maximum absolute atomic E-state index is 12.5. The normalized spacial score (nSPS) is 17.0. The van der Waals surface area contributed by atoms with Crippen LogP contribution in [0.5, 0.6) is 0 Å². The number of hydrogen-bond donors (Lipinski definition) is 1. The summed E-state index contributed by atoms with van der Waals surface area (Å²) in [5.74, 6) is -0.235. The molecule has 0 saturated heterocycles. The molecule has 0 radical (unpaired) electrons. The molecule has 0 spiro atoms. The Kier molecular flexibility index (Phi) is 5.34.